The number of rotatable bonds is 2. The molecule has 20 heavy (non-hydrogen) atoms. The van der Waals surface area contributed by atoms with E-state index in [0.29, 0.717) is 28.9 Å². The van der Waals surface area contributed by atoms with Crippen LogP contribution in [-0.2, 0) is 19.1 Å². The lowest BCUT2D eigenvalue weighted by atomic mass is 9.69. The second-order valence-electron chi connectivity index (χ2n) is 7.08. The highest BCUT2D eigenvalue weighted by Crippen LogP contribution is 2.83. The van der Waals surface area contributed by atoms with E-state index < -0.39 is 0 Å². The molecule has 0 N–H and O–H groups in total. The SMILES string of the molecule is COC(=O)C1=C(C(=O)OC)[C@@H]2C3C4[C@H]5CC[C@H]4[C@@H]2[C@H]5[C@H]13. The Balaban J connectivity index is 1.68. The Morgan fingerprint density at radius 3 is 1.65 bits per heavy atom. The highest BCUT2D eigenvalue weighted by molar-refractivity contribution is 6.03. The molecule has 8 bridgehead atoms. The first-order valence-electron chi connectivity index (χ1n) is 7.61. The summed E-state index contributed by atoms with van der Waals surface area (Å²) in [7, 11) is 2.82. The van der Waals surface area contributed by atoms with Crippen molar-refractivity contribution in [2.24, 2.45) is 47.3 Å². The molecule has 4 heteroatoms. The second kappa shape index (κ2) is 3.29. The van der Waals surface area contributed by atoms with Gasteiger partial charge in [-0.1, -0.05) is 0 Å². The van der Waals surface area contributed by atoms with Crippen LogP contribution in [0.5, 0.6) is 0 Å². The van der Waals surface area contributed by atoms with Crippen LogP contribution >= 0.6 is 0 Å². The van der Waals surface area contributed by atoms with Crippen molar-refractivity contribution in [2.45, 2.75) is 12.8 Å². The van der Waals surface area contributed by atoms with Gasteiger partial charge in [-0.15, -0.1) is 0 Å². The molecule has 2 unspecified atom stereocenters. The van der Waals surface area contributed by atoms with Gasteiger partial charge in [0.15, 0.2) is 0 Å². The van der Waals surface area contributed by atoms with E-state index in [1.807, 2.05) is 0 Å². The fourth-order valence-corrected chi connectivity index (χ4v) is 7.19. The Labute approximate surface area is 117 Å². The number of hydrogen-bond acceptors (Lipinski definition) is 4. The van der Waals surface area contributed by atoms with Gasteiger partial charge in [-0.25, -0.2) is 9.59 Å². The number of hydrogen-bond donors (Lipinski definition) is 0. The number of ether oxygens (including phenoxy) is 2. The van der Waals surface area contributed by atoms with Gasteiger partial charge in [0.05, 0.1) is 25.4 Å². The predicted octanol–water partition coefficient (Wildman–Crippen LogP) is 1.41. The van der Waals surface area contributed by atoms with Gasteiger partial charge in [-0.05, 0) is 60.2 Å². The smallest absolute Gasteiger partial charge is 0.334 e. The minimum absolute atomic E-state index is 0.290. The molecule has 0 aliphatic heterocycles. The van der Waals surface area contributed by atoms with Gasteiger partial charge >= 0.3 is 11.9 Å². The Morgan fingerprint density at radius 2 is 1.25 bits per heavy atom. The molecule has 5 fully saturated rings. The highest BCUT2D eigenvalue weighted by Gasteiger charge is 2.80. The van der Waals surface area contributed by atoms with E-state index >= 15 is 0 Å². The van der Waals surface area contributed by atoms with E-state index in [4.69, 9.17) is 9.47 Å². The third-order valence-corrected chi connectivity index (χ3v) is 7.13. The summed E-state index contributed by atoms with van der Waals surface area (Å²) < 4.78 is 9.92. The Hall–Kier alpha value is -1.32. The van der Waals surface area contributed by atoms with Gasteiger partial charge in [-0.2, -0.15) is 0 Å². The topological polar surface area (TPSA) is 52.6 Å². The number of carbonyl (C=O) groups is 2. The molecule has 0 heterocycles. The first-order chi connectivity index (χ1) is 9.70. The molecule has 4 nitrogen and oxygen atoms in total. The van der Waals surface area contributed by atoms with Gasteiger partial charge in [0.1, 0.15) is 0 Å². The lowest BCUT2D eigenvalue weighted by Gasteiger charge is -2.35. The largest absolute Gasteiger partial charge is 0.466 e. The van der Waals surface area contributed by atoms with Crippen LogP contribution in [0.25, 0.3) is 0 Å². The minimum atomic E-state index is -0.301. The van der Waals surface area contributed by atoms with E-state index in [-0.39, 0.29) is 23.8 Å². The molecular weight excluding hydrogens is 256 g/mol. The van der Waals surface area contributed by atoms with Crippen LogP contribution in [0.15, 0.2) is 11.1 Å². The Morgan fingerprint density at radius 1 is 0.800 bits per heavy atom. The van der Waals surface area contributed by atoms with Crippen LogP contribution in [0, 0.1) is 47.3 Å². The molecular formula is C16H18O4. The molecule has 0 spiro atoms. The fourth-order valence-electron chi connectivity index (χ4n) is 7.19. The summed E-state index contributed by atoms with van der Waals surface area (Å²) >= 11 is 0. The minimum Gasteiger partial charge on any atom is -0.466 e. The average molecular weight is 274 g/mol. The molecule has 0 saturated heterocycles. The van der Waals surface area contributed by atoms with Crippen molar-refractivity contribution in [1.82, 2.24) is 0 Å². The van der Waals surface area contributed by atoms with Crippen LogP contribution in [0.3, 0.4) is 0 Å². The van der Waals surface area contributed by atoms with E-state index in [0.717, 1.165) is 17.8 Å². The van der Waals surface area contributed by atoms with Crippen LogP contribution < -0.4 is 0 Å². The average Bonchev–Trinajstić information content (AvgIpc) is 3.23. The van der Waals surface area contributed by atoms with Crippen molar-refractivity contribution in [3.63, 3.8) is 0 Å². The normalized spacial score (nSPS) is 52.3. The van der Waals surface area contributed by atoms with Crippen LogP contribution in [-0.4, -0.2) is 26.2 Å². The van der Waals surface area contributed by atoms with E-state index in [9.17, 15) is 9.59 Å². The predicted molar refractivity (Wildman–Crippen MR) is 68.2 cm³/mol. The van der Waals surface area contributed by atoms with Gasteiger partial charge in [0, 0.05) is 0 Å². The van der Waals surface area contributed by atoms with Crippen LogP contribution in [0.4, 0.5) is 0 Å². The summed E-state index contributed by atoms with van der Waals surface area (Å²) in [6.07, 6.45) is 2.66. The quantitative estimate of drug-likeness (QED) is 0.714. The number of methoxy groups -OCH3 is 2. The van der Waals surface area contributed by atoms with Crippen LogP contribution in [0.1, 0.15) is 12.8 Å². The summed E-state index contributed by atoms with van der Waals surface area (Å²) in [6.45, 7) is 0. The summed E-state index contributed by atoms with van der Waals surface area (Å²) in [5.74, 6) is 4.20. The molecule has 0 aromatic heterocycles. The standard InChI is InChI=1S/C16H18O4/c1-19-15(17)13-11-8-5-3-4-6-7(5)10(11)12(9(6)8)14(13)16(18)20-2/h5-12H,3-4H2,1-2H3/t5-,6-,7?,8-,9+,10?,11+,12+/m1/s1. The van der Waals surface area contributed by atoms with Crippen molar-refractivity contribution in [3.05, 3.63) is 11.1 Å². The zero-order valence-corrected chi connectivity index (χ0v) is 11.7. The molecule has 0 amide bonds. The zero-order chi connectivity index (χ0) is 13.8. The molecule has 0 radical (unpaired) electrons. The third kappa shape index (κ3) is 0.895. The van der Waals surface area contributed by atoms with E-state index in [1.54, 1.807) is 0 Å². The maximum Gasteiger partial charge on any atom is 0.334 e. The molecule has 8 atom stereocenters. The van der Waals surface area contributed by atoms with Gasteiger partial charge in [0.2, 0.25) is 0 Å². The summed E-state index contributed by atoms with van der Waals surface area (Å²) in [5.41, 5.74) is 1.34. The third-order valence-electron chi connectivity index (χ3n) is 7.13. The Bertz CT molecular complexity index is 529. The second-order valence-corrected chi connectivity index (χ2v) is 7.08. The summed E-state index contributed by atoms with van der Waals surface area (Å²) in [4.78, 5) is 24.4. The maximum absolute atomic E-state index is 12.2. The van der Waals surface area contributed by atoms with Gasteiger partial charge in [-0.3, -0.25) is 0 Å². The summed E-state index contributed by atoms with van der Waals surface area (Å²) in [5, 5.41) is 0. The maximum atomic E-state index is 12.2. The number of carbonyl (C=O) groups excluding carboxylic acids is 2. The Kier molecular flexibility index (Phi) is 1.87. The van der Waals surface area contributed by atoms with Gasteiger partial charge < -0.3 is 9.47 Å². The van der Waals surface area contributed by atoms with E-state index in [2.05, 4.69) is 0 Å². The zero-order valence-electron chi connectivity index (χ0n) is 11.7. The van der Waals surface area contributed by atoms with Crippen molar-refractivity contribution in [3.8, 4) is 0 Å². The molecule has 0 aromatic carbocycles. The highest BCUT2D eigenvalue weighted by atomic mass is 16.5. The fraction of sp³-hybridized carbons (Fsp3) is 0.750. The number of esters is 2. The lowest BCUT2D eigenvalue weighted by Crippen LogP contribution is -2.34. The molecule has 6 rings (SSSR count). The van der Waals surface area contributed by atoms with Gasteiger partial charge in [0.25, 0.3) is 0 Å². The molecule has 106 valence electrons. The summed E-state index contributed by atoms with van der Waals surface area (Å²) in [6, 6.07) is 0. The van der Waals surface area contributed by atoms with E-state index in [1.165, 1.54) is 27.1 Å². The van der Waals surface area contributed by atoms with Crippen LogP contribution in [0.2, 0.25) is 0 Å². The van der Waals surface area contributed by atoms with Crippen molar-refractivity contribution >= 4 is 11.9 Å². The van der Waals surface area contributed by atoms with Crippen molar-refractivity contribution in [1.29, 1.82) is 0 Å². The van der Waals surface area contributed by atoms with Crippen molar-refractivity contribution in [2.75, 3.05) is 14.2 Å². The lowest BCUT2D eigenvalue weighted by molar-refractivity contribution is -0.140. The van der Waals surface area contributed by atoms with Crippen molar-refractivity contribution < 1.29 is 19.1 Å². The first-order valence-corrected chi connectivity index (χ1v) is 7.61. The first kappa shape index (κ1) is 11.4. The molecule has 0 aromatic rings. The molecule has 6 aliphatic carbocycles. The monoisotopic (exact) mass is 274 g/mol. The molecule has 5 saturated carbocycles. The molecule has 6 aliphatic rings.